The van der Waals surface area contributed by atoms with Crippen LogP contribution in [0.5, 0.6) is 5.75 Å². The SMILES string of the molecule is Cc1ccc2c(c1)[C@@H]1C=CC[C@H]1[C@H](c1ccc(N=Cc3cc(Cl)ccc3OCc3cccc4ccccc34)cc1)N2. The molecule has 5 aromatic carbocycles. The zero-order chi connectivity index (χ0) is 27.8. The van der Waals surface area contributed by atoms with Crippen molar-refractivity contribution in [2.24, 2.45) is 10.9 Å². The summed E-state index contributed by atoms with van der Waals surface area (Å²) in [5.74, 6) is 1.73. The largest absolute Gasteiger partial charge is 0.488 e. The van der Waals surface area contributed by atoms with Gasteiger partial charge >= 0.3 is 0 Å². The van der Waals surface area contributed by atoms with E-state index in [1.807, 2.05) is 24.4 Å². The van der Waals surface area contributed by atoms with Crippen molar-refractivity contribution in [2.75, 3.05) is 5.32 Å². The topological polar surface area (TPSA) is 33.6 Å². The first-order chi connectivity index (χ1) is 20.1. The van der Waals surface area contributed by atoms with E-state index in [1.54, 1.807) is 0 Å². The number of hydrogen-bond acceptors (Lipinski definition) is 3. The summed E-state index contributed by atoms with van der Waals surface area (Å²) >= 11 is 6.36. The van der Waals surface area contributed by atoms with Crippen molar-refractivity contribution in [3.05, 3.63) is 148 Å². The number of fused-ring (bicyclic) bond motifs is 4. The predicted molar refractivity (Wildman–Crippen MR) is 171 cm³/mol. The summed E-state index contributed by atoms with van der Waals surface area (Å²) in [6, 6.07) is 36.0. The molecule has 7 rings (SSSR count). The average Bonchev–Trinajstić information content (AvgIpc) is 3.50. The zero-order valence-corrected chi connectivity index (χ0v) is 23.7. The van der Waals surface area contributed by atoms with Crippen LogP contribution in [-0.2, 0) is 6.61 Å². The van der Waals surface area contributed by atoms with Crippen LogP contribution in [0.25, 0.3) is 10.8 Å². The highest BCUT2D eigenvalue weighted by molar-refractivity contribution is 6.30. The Morgan fingerprint density at radius 3 is 2.68 bits per heavy atom. The Labute approximate surface area is 246 Å². The molecule has 0 fully saturated rings. The van der Waals surface area contributed by atoms with Gasteiger partial charge in [0.1, 0.15) is 12.4 Å². The fourth-order valence-corrected chi connectivity index (χ4v) is 6.46. The lowest BCUT2D eigenvalue weighted by molar-refractivity contribution is 0.307. The molecule has 5 aromatic rings. The van der Waals surface area contributed by atoms with E-state index in [2.05, 4.69) is 109 Å². The third kappa shape index (κ3) is 5.14. The Morgan fingerprint density at radius 2 is 1.78 bits per heavy atom. The van der Waals surface area contributed by atoms with Crippen LogP contribution < -0.4 is 10.1 Å². The first-order valence-electron chi connectivity index (χ1n) is 14.2. The number of aliphatic imine (C=N–C) groups is 1. The van der Waals surface area contributed by atoms with E-state index in [0.29, 0.717) is 23.5 Å². The molecule has 0 bridgehead atoms. The maximum atomic E-state index is 6.36. The Morgan fingerprint density at radius 1 is 0.927 bits per heavy atom. The van der Waals surface area contributed by atoms with Gasteiger partial charge in [0.15, 0.2) is 0 Å². The molecule has 0 amide bonds. The third-order valence-corrected chi connectivity index (χ3v) is 8.59. The number of hydrogen-bond donors (Lipinski definition) is 1. The predicted octanol–water partition coefficient (Wildman–Crippen LogP) is 9.96. The summed E-state index contributed by atoms with van der Waals surface area (Å²) < 4.78 is 6.29. The maximum absolute atomic E-state index is 6.36. The number of rotatable bonds is 6. The second-order valence-corrected chi connectivity index (χ2v) is 11.5. The van der Waals surface area contributed by atoms with Gasteiger partial charge in [-0.2, -0.15) is 0 Å². The van der Waals surface area contributed by atoms with E-state index in [9.17, 15) is 0 Å². The summed E-state index contributed by atoms with van der Waals surface area (Å²) in [7, 11) is 0. The van der Waals surface area contributed by atoms with Crippen LogP contribution in [0.4, 0.5) is 11.4 Å². The number of halogens is 1. The number of allylic oxidation sites excluding steroid dienone is 2. The lowest BCUT2D eigenvalue weighted by Crippen LogP contribution is -2.29. The van der Waals surface area contributed by atoms with Crippen molar-refractivity contribution in [2.45, 2.75) is 31.9 Å². The van der Waals surface area contributed by atoms with Gasteiger partial charge in [-0.05, 0) is 83.1 Å². The second kappa shape index (κ2) is 10.9. The van der Waals surface area contributed by atoms with Gasteiger partial charge in [0, 0.05) is 28.4 Å². The highest BCUT2D eigenvalue weighted by atomic mass is 35.5. The molecule has 202 valence electrons. The van der Waals surface area contributed by atoms with E-state index in [0.717, 1.165) is 29.0 Å². The molecular formula is C37H31ClN2O. The Bertz CT molecular complexity index is 1780. The van der Waals surface area contributed by atoms with Gasteiger partial charge in [-0.15, -0.1) is 0 Å². The molecule has 0 aromatic heterocycles. The lowest BCUT2D eigenvalue weighted by Gasteiger charge is -2.37. The quantitative estimate of drug-likeness (QED) is 0.167. The minimum absolute atomic E-state index is 0.269. The molecule has 0 radical (unpaired) electrons. The third-order valence-electron chi connectivity index (χ3n) is 8.36. The maximum Gasteiger partial charge on any atom is 0.128 e. The summed E-state index contributed by atoms with van der Waals surface area (Å²) in [6.07, 6.45) is 7.66. The Kier molecular flexibility index (Phi) is 6.82. The van der Waals surface area contributed by atoms with Crippen LogP contribution >= 0.6 is 11.6 Å². The molecule has 0 spiro atoms. The summed E-state index contributed by atoms with van der Waals surface area (Å²) in [5, 5.41) is 6.89. The molecule has 1 aliphatic carbocycles. The Hall–Kier alpha value is -4.34. The average molecular weight is 555 g/mol. The zero-order valence-electron chi connectivity index (χ0n) is 22.9. The number of anilines is 1. The van der Waals surface area contributed by atoms with Crippen LogP contribution in [0.2, 0.25) is 5.02 Å². The monoisotopic (exact) mass is 554 g/mol. The molecule has 1 N–H and O–H groups in total. The van der Waals surface area contributed by atoms with Crippen molar-refractivity contribution in [3.63, 3.8) is 0 Å². The van der Waals surface area contributed by atoms with Gasteiger partial charge < -0.3 is 10.1 Å². The number of benzene rings is 5. The highest BCUT2D eigenvalue weighted by Gasteiger charge is 2.37. The van der Waals surface area contributed by atoms with Crippen molar-refractivity contribution in [1.29, 1.82) is 0 Å². The van der Waals surface area contributed by atoms with Gasteiger partial charge in [-0.25, -0.2) is 0 Å². The van der Waals surface area contributed by atoms with Crippen LogP contribution in [-0.4, -0.2) is 6.21 Å². The van der Waals surface area contributed by atoms with Gasteiger partial charge in [-0.1, -0.05) is 96.0 Å². The second-order valence-electron chi connectivity index (χ2n) is 11.0. The van der Waals surface area contributed by atoms with Crippen molar-refractivity contribution in [1.82, 2.24) is 0 Å². The highest BCUT2D eigenvalue weighted by Crippen LogP contribution is 2.50. The first-order valence-corrected chi connectivity index (χ1v) is 14.6. The molecule has 0 unspecified atom stereocenters. The number of nitrogens with zero attached hydrogens (tertiary/aromatic N) is 1. The lowest BCUT2D eigenvalue weighted by atomic mass is 9.76. The minimum atomic E-state index is 0.269. The van der Waals surface area contributed by atoms with Crippen LogP contribution in [0.1, 0.15) is 46.2 Å². The van der Waals surface area contributed by atoms with Gasteiger partial charge in [0.05, 0.1) is 11.7 Å². The molecule has 3 nitrogen and oxygen atoms in total. The molecule has 2 aliphatic rings. The molecule has 1 heterocycles. The fourth-order valence-electron chi connectivity index (χ4n) is 6.28. The smallest absolute Gasteiger partial charge is 0.128 e. The normalized spacial score (nSPS) is 19.2. The fraction of sp³-hybridized carbons (Fsp3) is 0.162. The van der Waals surface area contributed by atoms with Crippen LogP contribution in [0.15, 0.2) is 120 Å². The van der Waals surface area contributed by atoms with Gasteiger partial charge in [-0.3, -0.25) is 4.99 Å². The van der Waals surface area contributed by atoms with Crippen molar-refractivity contribution in [3.8, 4) is 5.75 Å². The summed E-state index contributed by atoms with van der Waals surface area (Å²) in [4.78, 5) is 4.79. The summed E-state index contributed by atoms with van der Waals surface area (Å²) in [5.41, 5.74) is 8.14. The van der Waals surface area contributed by atoms with Crippen molar-refractivity contribution < 1.29 is 4.74 Å². The Balaban J connectivity index is 1.09. The van der Waals surface area contributed by atoms with E-state index < -0.39 is 0 Å². The first kappa shape index (κ1) is 25.6. The number of nitrogens with one attached hydrogen (secondary N) is 1. The van der Waals surface area contributed by atoms with Crippen molar-refractivity contribution >= 4 is 40.0 Å². The molecule has 3 atom stereocenters. The van der Waals surface area contributed by atoms with Crippen LogP contribution in [0.3, 0.4) is 0 Å². The summed E-state index contributed by atoms with van der Waals surface area (Å²) in [6.45, 7) is 2.63. The standard InChI is InChI=1S/C37H31ClN2O/c1-24-12-18-35-34(20-24)32-10-5-11-33(32)37(40-35)26-13-16-30(17-14-26)39-22-28-21-29(38)15-19-36(28)41-23-27-8-4-7-25-6-2-3-9-31(25)27/h2-10,12-22,32-33,37,40H,11,23H2,1H3/t32-,33-,37+/m1/s1. The molecular weight excluding hydrogens is 524 g/mol. The molecule has 0 saturated heterocycles. The molecule has 1 aliphatic heterocycles. The van der Waals surface area contributed by atoms with Gasteiger partial charge in [0.25, 0.3) is 0 Å². The molecule has 0 saturated carbocycles. The van der Waals surface area contributed by atoms with Crippen LogP contribution in [0, 0.1) is 12.8 Å². The van der Waals surface area contributed by atoms with E-state index in [4.69, 9.17) is 21.3 Å². The minimum Gasteiger partial charge on any atom is -0.488 e. The van der Waals surface area contributed by atoms with Gasteiger partial charge in [0.2, 0.25) is 0 Å². The molecule has 4 heteroatoms. The van der Waals surface area contributed by atoms with E-state index >= 15 is 0 Å². The molecule has 41 heavy (non-hydrogen) atoms. The number of aryl methyl sites for hydroxylation is 1. The number of ether oxygens (including phenoxy) is 1. The van der Waals surface area contributed by atoms with E-state index in [1.165, 1.54) is 33.2 Å². The van der Waals surface area contributed by atoms with E-state index in [-0.39, 0.29) is 6.04 Å².